The summed E-state index contributed by atoms with van der Waals surface area (Å²) in [6.07, 6.45) is -1.14. The third-order valence-electron chi connectivity index (χ3n) is 4.49. The number of phosphoric ester groups is 1. The number of aromatic nitrogens is 4. The van der Waals surface area contributed by atoms with Crippen molar-refractivity contribution in [3.05, 3.63) is 12.7 Å². The largest absolute Gasteiger partial charge is 0.479 e. The summed E-state index contributed by atoms with van der Waals surface area (Å²) in [5.74, 6) is 0.0309. The van der Waals surface area contributed by atoms with Gasteiger partial charge in [0.1, 0.15) is 30.2 Å². The van der Waals surface area contributed by atoms with Crippen LogP contribution >= 0.6 is 15.4 Å². The van der Waals surface area contributed by atoms with Crippen LogP contribution in [0.3, 0.4) is 0 Å². The predicted molar refractivity (Wildman–Crippen MR) is 97.8 cm³/mol. The van der Waals surface area contributed by atoms with E-state index in [1.165, 1.54) is 10.9 Å². The molecule has 0 aromatic carbocycles. The molecule has 0 radical (unpaired) electrons. The number of hydrogen-bond donors (Lipinski definition) is 5. The van der Waals surface area contributed by atoms with Gasteiger partial charge in [0.15, 0.2) is 23.3 Å². The van der Waals surface area contributed by atoms with Crippen LogP contribution in [0.4, 0.5) is 10.2 Å². The number of nitrogens with zero attached hydrogens (tertiary/aromatic N) is 4. The molecule has 168 valence electrons. The van der Waals surface area contributed by atoms with Crippen molar-refractivity contribution in [2.24, 2.45) is 0 Å². The number of hydrogen-bond acceptors (Lipinski definition) is 11. The maximum absolute atomic E-state index is 14.0. The van der Waals surface area contributed by atoms with Gasteiger partial charge in [0.05, 0.1) is 12.9 Å². The number of halogens is 1. The third-order valence-corrected chi connectivity index (χ3v) is 6.98. The zero-order valence-corrected chi connectivity index (χ0v) is 17.5. The molecule has 6 N–H and O–H groups in total. The lowest BCUT2D eigenvalue weighted by Crippen LogP contribution is -2.53. The molecule has 2 aromatic heterocycles. The molecule has 0 amide bonds. The second-order valence-corrected chi connectivity index (χ2v) is 10.5. The van der Waals surface area contributed by atoms with Crippen LogP contribution in [0.15, 0.2) is 12.7 Å². The minimum Gasteiger partial charge on any atom is -0.387 e. The van der Waals surface area contributed by atoms with E-state index in [-0.39, 0.29) is 17.0 Å². The minimum atomic E-state index is -5.12. The molecule has 1 saturated heterocycles. The standard InChI is InChI=1S/C13H20FN5O9P2/c1-12(21)10(20)13(3-14,4-26-30(24,25)28-29(2,22)23)27-11(12)19-6-18-7-8(15)16-5-17-9(7)19/h5-6,10-11,20-21H,3-4H2,1-2H3,(H,22,23)(H,24,25)(H2,15,16,17)/t10-,11+,12+,13+/m0/s1. The molecule has 3 heterocycles. The predicted octanol–water partition coefficient (Wildman–Crippen LogP) is -0.294. The molecular formula is C13H20FN5O9P2. The number of nitrogen functional groups attached to an aromatic ring is 1. The van der Waals surface area contributed by atoms with Crippen molar-refractivity contribution in [2.75, 3.05) is 25.7 Å². The fourth-order valence-corrected chi connectivity index (χ4v) is 5.22. The number of anilines is 1. The summed E-state index contributed by atoms with van der Waals surface area (Å²) in [4.78, 5) is 30.4. The van der Waals surface area contributed by atoms with Gasteiger partial charge >= 0.3 is 15.4 Å². The summed E-state index contributed by atoms with van der Waals surface area (Å²) in [7, 11) is -9.55. The first-order valence-electron chi connectivity index (χ1n) is 8.28. The van der Waals surface area contributed by atoms with E-state index in [0.29, 0.717) is 6.66 Å². The normalized spacial score (nSPS) is 33.4. The van der Waals surface area contributed by atoms with Crippen LogP contribution < -0.4 is 5.73 Å². The highest BCUT2D eigenvalue weighted by Gasteiger charge is 2.63. The van der Waals surface area contributed by atoms with Gasteiger partial charge in [-0.05, 0) is 6.92 Å². The number of nitrogens with two attached hydrogens (primary N) is 1. The molecule has 0 aliphatic carbocycles. The number of alkyl halides is 1. The molecule has 1 aliphatic rings. The fraction of sp³-hybridized carbons (Fsp3) is 0.615. The van der Waals surface area contributed by atoms with Crippen LogP contribution in [-0.2, 0) is 22.7 Å². The molecule has 1 aliphatic heterocycles. The van der Waals surface area contributed by atoms with E-state index >= 15 is 0 Å². The van der Waals surface area contributed by atoms with Crippen LogP contribution in [-0.4, -0.2) is 76.8 Å². The van der Waals surface area contributed by atoms with Crippen LogP contribution in [0.2, 0.25) is 0 Å². The van der Waals surface area contributed by atoms with Gasteiger partial charge < -0.3 is 30.5 Å². The van der Waals surface area contributed by atoms with Crippen molar-refractivity contribution in [3.63, 3.8) is 0 Å². The van der Waals surface area contributed by atoms with Gasteiger partial charge in [0, 0.05) is 6.66 Å². The number of imidazole rings is 1. The Labute approximate surface area is 168 Å². The second-order valence-electron chi connectivity index (χ2n) is 7.01. The molecule has 17 heteroatoms. The second kappa shape index (κ2) is 7.55. The van der Waals surface area contributed by atoms with Crippen molar-refractivity contribution < 1.29 is 47.1 Å². The van der Waals surface area contributed by atoms with Crippen LogP contribution in [0, 0.1) is 0 Å². The van der Waals surface area contributed by atoms with Crippen molar-refractivity contribution in [1.29, 1.82) is 0 Å². The lowest BCUT2D eigenvalue weighted by molar-refractivity contribution is -0.135. The Bertz CT molecular complexity index is 1050. The Morgan fingerprint density at radius 2 is 2.03 bits per heavy atom. The molecule has 1 fully saturated rings. The summed E-state index contributed by atoms with van der Waals surface area (Å²) in [5.41, 5.74) is 1.50. The van der Waals surface area contributed by atoms with Crippen LogP contribution in [0.5, 0.6) is 0 Å². The van der Waals surface area contributed by atoms with Gasteiger partial charge in [0.2, 0.25) is 0 Å². The quantitative estimate of drug-likeness (QED) is 0.329. The average molecular weight is 471 g/mol. The number of fused-ring (bicyclic) bond motifs is 1. The van der Waals surface area contributed by atoms with E-state index in [4.69, 9.17) is 15.4 Å². The monoisotopic (exact) mass is 471 g/mol. The van der Waals surface area contributed by atoms with Crippen LogP contribution in [0.1, 0.15) is 13.2 Å². The maximum Gasteiger partial charge on any atom is 0.479 e. The molecule has 30 heavy (non-hydrogen) atoms. The highest BCUT2D eigenvalue weighted by Crippen LogP contribution is 2.59. The molecule has 0 bridgehead atoms. The molecule has 14 nitrogen and oxygen atoms in total. The number of phosphoric acid groups is 1. The van der Waals surface area contributed by atoms with Gasteiger partial charge in [-0.25, -0.2) is 28.2 Å². The maximum atomic E-state index is 14.0. The first-order chi connectivity index (χ1) is 13.7. The topological polar surface area (TPSA) is 212 Å². The van der Waals surface area contributed by atoms with Crippen molar-refractivity contribution in [1.82, 2.24) is 19.5 Å². The molecule has 0 saturated carbocycles. The fourth-order valence-electron chi connectivity index (χ4n) is 3.12. The number of rotatable bonds is 7. The Balaban J connectivity index is 1.93. The first-order valence-corrected chi connectivity index (χ1v) is 11.8. The van der Waals surface area contributed by atoms with E-state index in [0.717, 1.165) is 13.3 Å². The summed E-state index contributed by atoms with van der Waals surface area (Å²) < 4.78 is 52.4. The van der Waals surface area contributed by atoms with Crippen molar-refractivity contribution >= 4 is 32.4 Å². The summed E-state index contributed by atoms with van der Waals surface area (Å²) in [6.45, 7) is -0.787. The number of ether oxygens (including phenoxy) is 1. The smallest absolute Gasteiger partial charge is 0.387 e. The Morgan fingerprint density at radius 3 is 2.63 bits per heavy atom. The summed E-state index contributed by atoms with van der Waals surface area (Å²) in [5, 5.41) is 21.4. The molecule has 2 unspecified atom stereocenters. The number of aliphatic hydroxyl groups excluding tert-OH is 1. The lowest BCUT2D eigenvalue weighted by Gasteiger charge is -2.31. The molecule has 0 spiro atoms. The molecule has 6 atom stereocenters. The summed E-state index contributed by atoms with van der Waals surface area (Å²) in [6, 6.07) is 0. The molecule has 3 rings (SSSR count). The zero-order valence-electron chi connectivity index (χ0n) is 15.7. The molecular weight excluding hydrogens is 451 g/mol. The highest BCUT2D eigenvalue weighted by molar-refractivity contribution is 7.63. The van der Waals surface area contributed by atoms with E-state index in [1.807, 2.05) is 0 Å². The Morgan fingerprint density at radius 1 is 1.37 bits per heavy atom. The van der Waals surface area contributed by atoms with Crippen molar-refractivity contribution in [3.8, 4) is 0 Å². The van der Waals surface area contributed by atoms with E-state index in [2.05, 4.69) is 23.8 Å². The van der Waals surface area contributed by atoms with E-state index in [9.17, 15) is 28.6 Å². The van der Waals surface area contributed by atoms with E-state index in [1.54, 1.807) is 0 Å². The lowest BCUT2D eigenvalue weighted by atomic mass is 9.88. The highest BCUT2D eigenvalue weighted by atomic mass is 31.3. The SMILES string of the molecule is C[C@@]1(O)[C@H](O)[C@@](CF)(COP(=O)(O)OP(C)(=O)O)O[C@H]1n1cnc2c(N)ncnc21. The summed E-state index contributed by atoms with van der Waals surface area (Å²) >= 11 is 0. The van der Waals surface area contributed by atoms with Gasteiger partial charge in [0.25, 0.3) is 0 Å². The van der Waals surface area contributed by atoms with E-state index < -0.39 is 52.2 Å². The Kier molecular flexibility index (Phi) is 5.82. The Hall–Kier alpha value is -1.54. The molecule has 2 aromatic rings. The zero-order chi connectivity index (χ0) is 22.5. The average Bonchev–Trinajstić information content (AvgIpc) is 3.12. The van der Waals surface area contributed by atoms with Crippen LogP contribution in [0.25, 0.3) is 11.2 Å². The minimum absolute atomic E-state index is 0.0309. The van der Waals surface area contributed by atoms with Gasteiger partial charge in [-0.2, -0.15) is 0 Å². The third kappa shape index (κ3) is 4.13. The van der Waals surface area contributed by atoms with Gasteiger partial charge in [-0.3, -0.25) is 13.7 Å². The number of aliphatic hydroxyl groups is 2. The van der Waals surface area contributed by atoms with Crippen molar-refractivity contribution in [2.45, 2.75) is 30.5 Å². The first kappa shape index (κ1) is 23.1. The van der Waals surface area contributed by atoms with Gasteiger partial charge in [-0.15, -0.1) is 0 Å². The van der Waals surface area contributed by atoms with Gasteiger partial charge in [-0.1, -0.05) is 0 Å².